The van der Waals surface area contributed by atoms with E-state index in [0.29, 0.717) is 66.0 Å². The molecule has 6 fully saturated rings. The number of hydrogen-bond acceptors (Lipinski definition) is 4. The van der Waals surface area contributed by atoms with Crippen LogP contribution in [0.1, 0.15) is 78.6 Å². The predicted molar refractivity (Wildman–Crippen MR) is 119 cm³/mol. The van der Waals surface area contributed by atoms with E-state index in [1.807, 2.05) is 0 Å². The number of hydrogen-bond donors (Lipinski definition) is 1. The van der Waals surface area contributed by atoms with Gasteiger partial charge in [0.05, 0.1) is 5.60 Å². The van der Waals surface area contributed by atoms with Gasteiger partial charge in [-0.3, -0.25) is 14.5 Å². The molecule has 4 aliphatic carbocycles. The van der Waals surface area contributed by atoms with Crippen LogP contribution < -0.4 is 0 Å². The highest BCUT2D eigenvalue weighted by atomic mass is 16.3. The quantitative estimate of drug-likeness (QED) is 0.632. The Morgan fingerprint density at radius 1 is 0.903 bits per heavy atom. The third kappa shape index (κ3) is 2.86. The van der Waals surface area contributed by atoms with Crippen LogP contribution >= 0.6 is 0 Å². The van der Waals surface area contributed by atoms with Gasteiger partial charge in [0, 0.05) is 44.3 Å². The monoisotopic (exact) mass is 427 g/mol. The zero-order valence-corrected chi connectivity index (χ0v) is 19.7. The zero-order chi connectivity index (χ0) is 21.7. The van der Waals surface area contributed by atoms with Crippen LogP contribution in [0.4, 0.5) is 0 Å². The van der Waals surface area contributed by atoms with Crippen molar-refractivity contribution in [3.05, 3.63) is 0 Å². The van der Waals surface area contributed by atoms with Gasteiger partial charge >= 0.3 is 0 Å². The Labute approximate surface area is 187 Å². The van der Waals surface area contributed by atoms with Crippen molar-refractivity contribution < 1.29 is 14.7 Å². The molecule has 0 aromatic rings. The summed E-state index contributed by atoms with van der Waals surface area (Å²) in [5.74, 6) is 4.81. The SMILES string of the molecule is C[C@@H]1CC[C@@H]2N(C1)C[C@H]1[C@@H]3C[C@H]4[C@H](CC(=O)[C@H]5CC(=O)CC[C@]54C)[C@@H]3CC[C@@H]1[C@]2(C)O. The third-order valence-electron chi connectivity index (χ3n) is 11.7. The molecule has 0 spiro atoms. The summed E-state index contributed by atoms with van der Waals surface area (Å²) in [7, 11) is 0. The first-order valence-corrected chi connectivity index (χ1v) is 13.2. The fourth-order valence-corrected chi connectivity index (χ4v) is 10.2. The van der Waals surface area contributed by atoms with Crippen LogP contribution in [0.2, 0.25) is 0 Å². The molecule has 4 saturated carbocycles. The van der Waals surface area contributed by atoms with Gasteiger partial charge in [0.1, 0.15) is 11.6 Å². The third-order valence-corrected chi connectivity index (χ3v) is 11.7. The summed E-state index contributed by atoms with van der Waals surface area (Å²) in [6.45, 7) is 9.15. The van der Waals surface area contributed by atoms with E-state index < -0.39 is 5.60 Å². The highest BCUT2D eigenvalue weighted by molar-refractivity contribution is 5.90. The van der Waals surface area contributed by atoms with Gasteiger partial charge in [-0.15, -0.1) is 0 Å². The van der Waals surface area contributed by atoms with Crippen molar-refractivity contribution in [2.45, 2.75) is 90.2 Å². The Morgan fingerprint density at radius 2 is 1.71 bits per heavy atom. The van der Waals surface area contributed by atoms with Crippen LogP contribution in [0.25, 0.3) is 0 Å². The molecule has 2 aliphatic heterocycles. The maximum Gasteiger partial charge on any atom is 0.137 e. The Morgan fingerprint density at radius 3 is 2.52 bits per heavy atom. The van der Waals surface area contributed by atoms with Gasteiger partial charge in [0.2, 0.25) is 0 Å². The second-order valence-corrected chi connectivity index (χ2v) is 13.0. The number of carbonyl (C=O) groups excluding carboxylic acids is 2. The fraction of sp³-hybridized carbons (Fsp3) is 0.926. The molecule has 0 aromatic heterocycles. The van der Waals surface area contributed by atoms with E-state index in [1.165, 1.54) is 19.3 Å². The molecule has 0 unspecified atom stereocenters. The highest BCUT2D eigenvalue weighted by Crippen LogP contribution is 2.66. The molecule has 11 atom stereocenters. The number of carbonyl (C=O) groups is 2. The first-order valence-electron chi connectivity index (χ1n) is 13.2. The normalized spacial score (nSPS) is 56.8. The Kier molecular flexibility index (Phi) is 4.63. The van der Waals surface area contributed by atoms with Crippen molar-refractivity contribution in [1.82, 2.24) is 4.90 Å². The van der Waals surface area contributed by atoms with Gasteiger partial charge in [-0.25, -0.2) is 0 Å². The molecule has 31 heavy (non-hydrogen) atoms. The summed E-state index contributed by atoms with van der Waals surface area (Å²) in [4.78, 5) is 28.0. The Hall–Kier alpha value is -0.740. The van der Waals surface area contributed by atoms with Gasteiger partial charge in [0.15, 0.2) is 0 Å². The van der Waals surface area contributed by atoms with E-state index in [1.54, 1.807) is 0 Å². The number of piperidine rings is 2. The van der Waals surface area contributed by atoms with Crippen LogP contribution in [0, 0.1) is 52.8 Å². The summed E-state index contributed by atoms with van der Waals surface area (Å²) >= 11 is 0. The van der Waals surface area contributed by atoms with Crippen molar-refractivity contribution in [1.29, 1.82) is 0 Å². The molecule has 0 aromatic carbocycles. The van der Waals surface area contributed by atoms with E-state index in [9.17, 15) is 14.7 Å². The standard InChI is InChI=1S/C27H41NO3/c1-15-4-7-25-27(3,31)21-6-5-17-18(20(21)14-28(25)13-15)11-22-19(17)12-24(30)23-10-16(29)8-9-26(22,23)2/h15,17-23,25,31H,4-14H2,1-3H3/t15-,17-,18-,19-,20+,21+,22+,23-,25+,26+,27+/m1/s1. The van der Waals surface area contributed by atoms with E-state index >= 15 is 0 Å². The second kappa shape index (κ2) is 6.88. The van der Waals surface area contributed by atoms with Gasteiger partial charge in [0.25, 0.3) is 0 Å². The average Bonchev–Trinajstić information content (AvgIpc) is 3.09. The first kappa shape index (κ1) is 20.8. The lowest BCUT2D eigenvalue weighted by atomic mass is 9.52. The molecular formula is C27H41NO3. The van der Waals surface area contributed by atoms with Crippen molar-refractivity contribution in [3.63, 3.8) is 0 Å². The molecule has 6 aliphatic rings. The minimum atomic E-state index is -0.582. The maximum absolute atomic E-state index is 13.2. The molecule has 172 valence electrons. The smallest absolute Gasteiger partial charge is 0.137 e. The van der Waals surface area contributed by atoms with Crippen molar-refractivity contribution in [2.75, 3.05) is 13.1 Å². The van der Waals surface area contributed by atoms with E-state index in [-0.39, 0.29) is 11.3 Å². The lowest BCUT2D eigenvalue weighted by Gasteiger charge is -2.59. The minimum Gasteiger partial charge on any atom is -0.388 e. The molecule has 6 rings (SSSR count). The number of Topliss-reactive ketones (excluding diaryl/α,β-unsaturated/α-hetero) is 2. The second-order valence-electron chi connectivity index (χ2n) is 13.0. The molecule has 0 bridgehead atoms. The van der Waals surface area contributed by atoms with Gasteiger partial charge < -0.3 is 5.11 Å². The summed E-state index contributed by atoms with van der Waals surface area (Å²) in [6, 6.07) is 0.331. The molecule has 2 heterocycles. The molecule has 4 nitrogen and oxygen atoms in total. The molecule has 0 amide bonds. The molecule has 2 saturated heterocycles. The number of nitrogens with zero attached hydrogens (tertiary/aromatic N) is 1. The van der Waals surface area contributed by atoms with Gasteiger partial charge in [-0.2, -0.15) is 0 Å². The zero-order valence-electron chi connectivity index (χ0n) is 19.7. The molecule has 0 radical (unpaired) electrons. The fourth-order valence-electron chi connectivity index (χ4n) is 10.2. The Bertz CT molecular complexity index is 791. The number of ketones is 2. The molecule has 4 heteroatoms. The molecule has 1 N–H and O–H groups in total. The molecular weight excluding hydrogens is 386 g/mol. The predicted octanol–water partition coefficient (Wildman–Crippen LogP) is 4.09. The minimum absolute atomic E-state index is 0.0206. The number of rotatable bonds is 0. The van der Waals surface area contributed by atoms with Crippen LogP contribution in [-0.2, 0) is 9.59 Å². The van der Waals surface area contributed by atoms with Gasteiger partial charge in [-0.05, 0) is 92.3 Å². The summed E-state index contributed by atoms with van der Waals surface area (Å²) in [6.07, 6.45) is 8.75. The van der Waals surface area contributed by atoms with Crippen LogP contribution in [0.3, 0.4) is 0 Å². The largest absolute Gasteiger partial charge is 0.388 e. The van der Waals surface area contributed by atoms with Crippen molar-refractivity contribution >= 4 is 11.6 Å². The summed E-state index contributed by atoms with van der Waals surface area (Å²) in [5.41, 5.74) is -0.554. The topological polar surface area (TPSA) is 57.6 Å². The van der Waals surface area contributed by atoms with E-state index in [0.717, 1.165) is 44.7 Å². The number of aliphatic hydroxyl groups is 1. The van der Waals surface area contributed by atoms with Crippen molar-refractivity contribution in [3.8, 4) is 0 Å². The number of fused-ring (bicyclic) bond motifs is 8. The average molecular weight is 428 g/mol. The van der Waals surface area contributed by atoms with Crippen molar-refractivity contribution in [2.24, 2.45) is 52.8 Å². The van der Waals surface area contributed by atoms with Crippen LogP contribution in [-0.4, -0.2) is 46.3 Å². The maximum atomic E-state index is 13.2. The van der Waals surface area contributed by atoms with Crippen LogP contribution in [0.15, 0.2) is 0 Å². The summed E-state index contributed by atoms with van der Waals surface area (Å²) in [5, 5.41) is 11.8. The first-order chi connectivity index (χ1) is 14.7. The Balaban J connectivity index is 1.31. The van der Waals surface area contributed by atoms with E-state index in [4.69, 9.17) is 0 Å². The van der Waals surface area contributed by atoms with E-state index in [2.05, 4.69) is 25.7 Å². The van der Waals surface area contributed by atoms with Crippen LogP contribution in [0.5, 0.6) is 0 Å². The van der Waals surface area contributed by atoms with Gasteiger partial charge in [-0.1, -0.05) is 13.8 Å². The highest BCUT2D eigenvalue weighted by Gasteiger charge is 2.64. The summed E-state index contributed by atoms with van der Waals surface area (Å²) < 4.78 is 0. The lowest BCUT2D eigenvalue weighted by Crippen LogP contribution is -2.67. The lowest BCUT2D eigenvalue weighted by molar-refractivity contribution is -0.175.